The molecule has 1 aromatic carbocycles. The molecule has 1 N–H and O–H groups in total. The van der Waals surface area contributed by atoms with Crippen LogP contribution in [-0.2, 0) is 16.1 Å². The summed E-state index contributed by atoms with van der Waals surface area (Å²) in [7, 11) is 0. The Morgan fingerprint density at radius 1 is 1.18 bits per heavy atom. The molecule has 2 aromatic rings. The van der Waals surface area contributed by atoms with E-state index in [1.165, 1.54) is 12.1 Å². The molecule has 0 spiro atoms. The molecule has 4 rings (SSSR count). The molecule has 1 aromatic heterocycles. The number of rotatable bonds is 5. The van der Waals surface area contributed by atoms with Gasteiger partial charge in [0, 0.05) is 42.1 Å². The quantitative estimate of drug-likeness (QED) is 0.848. The summed E-state index contributed by atoms with van der Waals surface area (Å²) in [6, 6.07) is 9.43. The van der Waals surface area contributed by atoms with Crippen LogP contribution in [0.15, 0.2) is 42.6 Å². The van der Waals surface area contributed by atoms with Crippen LogP contribution in [0.5, 0.6) is 11.6 Å². The maximum atomic E-state index is 13.4. The molecule has 2 aliphatic carbocycles. The van der Waals surface area contributed by atoms with Crippen LogP contribution in [-0.4, -0.2) is 16.7 Å². The van der Waals surface area contributed by atoms with Crippen LogP contribution < -0.4 is 10.1 Å². The van der Waals surface area contributed by atoms with Crippen molar-refractivity contribution in [3.63, 3.8) is 0 Å². The smallest absolute Gasteiger partial charge is 0.224 e. The van der Waals surface area contributed by atoms with Gasteiger partial charge in [0.2, 0.25) is 11.8 Å². The van der Waals surface area contributed by atoms with Gasteiger partial charge in [0.1, 0.15) is 17.3 Å². The Bertz CT molecular complexity index is 870. The highest BCUT2D eigenvalue weighted by Gasteiger charge is 2.41. The molecule has 0 aliphatic heterocycles. The van der Waals surface area contributed by atoms with Crippen LogP contribution in [0.4, 0.5) is 4.39 Å². The zero-order valence-electron chi connectivity index (χ0n) is 15.6. The number of Topliss-reactive ketones (excluding diaryl/α,β-unsaturated/α-hetero) is 1. The van der Waals surface area contributed by atoms with Crippen molar-refractivity contribution in [2.24, 2.45) is 17.8 Å². The molecule has 2 bridgehead atoms. The average Bonchev–Trinajstić information content (AvgIpc) is 2.67. The molecule has 2 fully saturated rings. The van der Waals surface area contributed by atoms with Crippen LogP contribution in [0.1, 0.15) is 37.7 Å². The number of nitrogens with one attached hydrogen (secondary N) is 1. The van der Waals surface area contributed by atoms with Crippen LogP contribution >= 0.6 is 0 Å². The lowest BCUT2D eigenvalue weighted by molar-refractivity contribution is -0.137. The zero-order valence-corrected chi connectivity index (χ0v) is 15.6. The lowest BCUT2D eigenvalue weighted by Gasteiger charge is -2.36. The first-order chi connectivity index (χ1) is 13.6. The number of carbonyl (C=O) groups excluding carboxylic acids is 2. The molecule has 3 atom stereocenters. The van der Waals surface area contributed by atoms with Crippen molar-refractivity contribution in [3.8, 4) is 11.6 Å². The number of aromatic nitrogens is 1. The number of halogens is 1. The Balaban J connectivity index is 1.40. The Morgan fingerprint density at radius 3 is 2.71 bits per heavy atom. The number of amides is 1. The molecule has 0 saturated heterocycles. The average molecular weight is 382 g/mol. The van der Waals surface area contributed by atoms with Gasteiger partial charge in [-0.25, -0.2) is 9.37 Å². The number of fused-ring (bicyclic) bond motifs is 2. The van der Waals surface area contributed by atoms with Crippen LogP contribution in [0.2, 0.25) is 0 Å². The van der Waals surface area contributed by atoms with Gasteiger partial charge < -0.3 is 10.1 Å². The number of benzene rings is 1. The molecule has 28 heavy (non-hydrogen) atoms. The van der Waals surface area contributed by atoms with Crippen molar-refractivity contribution in [1.29, 1.82) is 0 Å². The van der Waals surface area contributed by atoms with Gasteiger partial charge in [0.25, 0.3) is 0 Å². The Morgan fingerprint density at radius 2 is 1.96 bits per heavy atom. The van der Waals surface area contributed by atoms with E-state index in [4.69, 9.17) is 4.74 Å². The maximum Gasteiger partial charge on any atom is 0.224 e. The van der Waals surface area contributed by atoms with Crippen molar-refractivity contribution in [2.75, 3.05) is 0 Å². The van der Waals surface area contributed by atoms with Gasteiger partial charge in [-0.1, -0.05) is 18.6 Å². The van der Waals surface area contributed by atoms with E-state index < -0.39 is 0 Å². The van der Waals surface area contributed by atoms with E-state index >= 15 is 0 Å². The van der Waals surface area contributed by atoms with Crippen LogP contribution in [0, 0.1) is 23.6 Å². The Hall–Kier alpha value is -2.76. The third-order valence-electron chi connectivity index (χ3n) is 5.73. The van der Waals surface area contributed by atoms with Gasteiger partial charge in [-0.05, 0) is 43.9 Å². The van der Waals surface area contributed by atoms with Crippen LogP contribution in [0.25, 0.3) is 0 Å². The topological polar surface area (TPSA) is 68.3 Å². The molecule has 6 heteroatoms. The SMILES string of the molecule is O=C(NCc1cccnc1Oc1cccc(F)c1)C1C[C@H]2CCC[C@@H](C1)C2=O. The van der Waals surface area contributed by atoms with Gasteiger partial charge in [0.05, 0.1) is 0 Å². The normalized spacial score (nSPS) is 23.9. The second kappa shape index (κ2) is 8.09. The highest BCUT2D eigenvalue weighted by atomic mass is 19.1. The highest BCUT2D eigenvalue weighted by Crippen LogP contribution is 2.40. The second-order valence-electron chi connectivity index (χ2n) is 7.64. The molecule has 0 radical (unpaired) electrons. The van der Waals surface area contributed by atoms with Gasteiger partial charge in [-0.15, -0.1) is 0 Å². The van der Waals surface area contributed by atoms with Gasteiger partial charge in [0.15, 0.2) is 0 Å². The summed E-state index contributed by atoms with van der Waals surface area (Å²) in [5.41, 5.74) is 0.715. The van der Waals surface area contributed by atoms with E-state index in [9.17, 15) is 14.0 Å². The minimum atomic E-state index is -0.388. The van der Waals surface area contributed by atoms with Crippen molar-refractivity contribution in [1.82, 2.24) is 10.3 Å². The molecule has 1 heterocycles. The fourth-order valence-corrected chi connectivity index (χ4v) is 4.31. The number of hydrogen-bond acceptors (Lipinski definition) is 4. The predicted octanol–water partition coefficient (Wildman–Crippen LogP) is 4.02. The van der Waals surface area contributed by atoms with Crippen molar-refractivity contribution in [3.05, 3.63) is 54.0 Å². The summed E-state index contributed by atoms with van der Waals surface area (Å²) < 4.78 is 19.1. The van der Waals surface area contributed by atoms with E-state index in [1.807, 2.05) is 6.07 Å². The fraction of sp³-hybridized carbons (Fsp3) is 0.409. The van der Waals surface area contributed by atoms with E-state index in [0.29, 0.717) is 35.8 Å². The first kappa shape index (κ1) is 18.6. The highest BCUT2D eigenvalue weighted by molar-refractivity contribution is 5.88. The van der Waals surface area contributed by atoms with Crippen molar-refractivity contribution < 1.29 is 18.7 Å². The number of ketones is 1. The fourth-order valence-electron chi connectivity index (χ4n) is 4.31. The first-order valence-electron chi connectivity index (χ1n) is 9.79. The van der Waals surface area contributed by atoms with Crippen molar-refractivity contribution in [2.45, 2.75) is 38.6 Å². The summed E-state index contributed by atoms with van der Waals surface area (Å²) in [4.78, 5) is 29.1. The number of pyridine rings is 1. The van der Waals surface area contributed by atoms with Gasteiger partial charge >= 0.3 is 0 Å². The summed E-state index contributed by atoms with van der Waals surface area (Å²) in [5.74, 6) is 0.618. The molecule has 2 aliphatic rings. The molecule has 2 saturated carbocycles. The Labute approximate surface area is 163 Å². The van der Waals surface area contributed by atoms with E-state index in [1.54, 1.807) is 24.4 Å². The third-order valence-corrected chi connectivity index (χ3v) is 5.73. The summed E-state index contributed by atoms with van der Waals surface area (Å²) >= 11 is 0. The lowest BCUT2D eigenvalue weighted by atomic mass is 9.67. The standard InChI is InChI=1S/C22H23FN2O3/c23-18-7-2-8-19(12-18)28-22-16(6-3-9-24-22)13-25-21(27)17-10-14-4-1-5-15(11-17)20(14)26/h2-3,6-9,12,14-15,17H,1,4-5,10-11,13H2,(H,25,27)/t14-,15+,17?. The Kier molecular flexibility index (Phi) is 5.37. The van der Waals surface area contributed by atoms with Gasteiger partial charge in [-0.3, -0.25) is 9.59 Å². The minimum absolute atomic E-state index is 0.0232. The summed E-state index contributed by atoms with van der Waals surface area (Å²) in [6.45, 7) is 0.275. The van der Waals surface area contributed by atoms with Crippen molar-refractivity contribution >= 4 is 11.7 Å². The molecule has 5 nitrogen and oxygen atoms in total. The predicted molar refractivity (Wildman–Crippen MR) is 101 cm³/mol. The number of ether oxygens (including phenoxy) is 1. The number of carbonyl (C=O) groups is 2. The van der Waals surface area contributed by atoms with E-state index in [0.717, 1.165) is 19.3 Å². The number of nitrogens with zero attached hydrogens (tertiary/aromatic N) is 1. The monoisotopic (exact) mass is 382 g/mol. The second-order valence-corrected chi connectivity index (χ2v) is 7.64. The third kappa shape index (κ3) is 4.06. The summed E-state index contributed by atoms with van der Waals surface area (Å²) in [5, 5.41) is 2.97. The van der Waals surface area contributed by atoms with E-state index in [-0.39, 0.29) is 36.0 Å². The molecular formula is C22H23FN2O3. The maximum absolute atomic E-state index is 13.4. The van der Waals surface area contributed by atoms with Crippen LogP contribution in [0.3, 0.4) is 0 Å². The molecule has 146 valence electrons. The molecular weight excluding hydrogens is 359 g/mol. The first-order valence-corrected chi connectivity index (χ1v) is 9.79. The number of hydrogen-bond donors (Lipinski definition) is 1. The van der Waals surface area contributed by atoms with E-state index in [2.05, 4.69) is 10.3 Å². The lowest BCUT2D eigenvalue weighted by Crippen LogP contribution is -2.42. The largest absolute Gasteiger partial charge is 0.439 e. The minimum Gasteiger partial charge on any atom is -0.439 e. The zero-order chi connectivity index (χ0) is 19.5. The van der Waals surface area contributed by atoms with Gasteiger partial charge in [-0.2, -0.15) is 0 Å². The summed E-state index contributed by atoms with van der Waals surface area (Å²) in [6.07, 6.45) is 5.81. The molecule has 1 amide bonds. The molecule has 1 unspecified atom stereocenters.